The largest absolute Gasteiger partial charge is 0.354 e. The summed E-state index contributed by atoms with van der Waals surface area (Å²) < 4.78 is 13.7. The number of nitrogens with one attached hydrogen (secondary N) is 1. The van der Waals surface area contributed by atoms with Crippen molar-refractivity contribution in [2.24, 2.45) is 0 Å². The van der Waals surface area contributed by atoms with Gasteiger partial charge in [-0.2, -0.15) is 0 Å². The number of hydrogen-bond acceptors (Lipinski definition) is 4. The lowest BCUT2D eigenvalue weighted by molar-refractivity contribution is 0.244. The predicted molar refractivity (Wildman–Crippen MR) is 87.8 cm³/mol. The van der Waals surface area contributed by atoms with Crippen LogP contribution in [0.2, 0.25) is 0 Å². The highest BCUT2D eigenvalue weighted by Crippen LogP contribution is 2.17. The van der Waals surface area contributed by atoms with Crippen molar-refractivity contribution in [3.8, 4) is 0 Å². The summed E-state index contributed by atoms with van der Waals surface area (Å²) in [5.41, 5.74) is 1.18. The minimum atomic E-state index is -0.273. The molecular weight excluding hydrogens is 293 g/mol. The standard InChI is InChI=1S/C17H18FN5/c18-13-4-3-5-14-17(13)21-15(20-14)12-22-8-10-23(11-9-22)16-6-1-2-7-19-16/h1-7H,8-12H2,(H,20,21). The number of H-pyrrole nitrogens is 1. The molecule has 0 unspecified atom stereocenters. The number of aromatic nitrogens is 3. The number of para-hydroxylation sites is 1. The molecule has 1 aromatic carbocycles. The minimum Gasteiger partial charge on any atom is -0.354 e. The monoisotopic (exact) mass is 311 g/mol. The Labute approximate surface area is 133 Å². The molecule has 5 nitrogen and oxygen atoms in total. The quantitative estimate of drug-likeness (QED) is 0.807. The van der Waals surface area contributed by atoms with Gasteiger partial charge in [0.15, 0.2) is 5.82 Å². The summed E-state index contributed by atoms with van der Waals surface area (Å²) in [5.74, 6) is 1.57. The third-order valence-electron chi connectivity index (χ3n) is 4.23. The van der Waals surface area contributed by atoms with Gasteiger partial charge < -0.3 is 9.88 Å². The first-order valence-corrected chi connectivity index (χ1v) is 7.81. The van der Waals surface area contributed by atoms with E-state index in [9.17, 15) is 4.39 Å². The highest BCUT2D eigenvalue weighted by Gasteiger charge is 2.19. The lowest BCUT2D eigenvalue weighted by Gasteiger charge is -2.34. The van der Waals surface area contributed by atoms with Crippen molar-refractivity contribution >= 4 is 16.9 Å². The number of piperazine rings is 1. The second-order valence-electron chi connectivity index (χ2n) is 5.77. The van der Waals surface area contributed by atoms with Crippen LogP contribution in [0.1, 0.15) is 5.82 Å². The van der Waals surface area contributed by atoms with Crippen molar-refractivity contribution in [3.05, 3.63) is 54.2 Å². The van der Waals surface area contributed by atoms with Crippen LogP contribution in [0.15, 0.2) is 42.6 Å². The number of anilines is 1. The molecule has 3 aromatic rings. The molecule has 1 aliphatic heterocycles. The lowest BCUT2D eigenvalue weighted by atomic mass is 10.3. The van der Waals surface area contributed by atoms with Gasteiger partial charge in [-0.3, -0.25) is 4.90 Å². The zero-order chi connectivity index (χ0) is 15.6. The summed E-state index contributed by atoms with van der Waals surface area (Å²) in [6.07, 6.45) is 1.82. The molecule has 0 atom stereocenters. The number of halogens is 1. The number of fused-ring (bicyclic) bond motifs is 1. The van der Waals surface area contributed by atoms with E-state index in [4.69, 9.17) is 0 Å². The maximum absolute atomic E-state index is 13.7. The molecule has 1 saturated heterocycles. The fourth-order valence-corrected chi connectivity index (χ4v) is 3.01. The molecular formula is C17H18FN5. The predicted octanol–water partition coefficient (Wildman–Crippen LogP) is 2.42. The summed E-state index contributed by atoms with van der Waals surface area (Å²) >= 11 is 0. The number of nitrogens with zero attached hydrogens (tertiary/aromatic N) is 4. The van der Waals surface area contributed by atoms with Crippen LogP contribution in [-0.4, -0.2) is 46.0 Å². The van der Waals surface area contributed by atoms with E-state index in [1.54, 1.807) is 6.07 Å². The maximum Gasteiger partial charge on any atom is 0.151 e. The van der Waals surface area contributed by atoms with Gasteiger partial charge in [-0.05, 0) is 24.3 Å². The number of pyridine rings is 1. The van der Waals surface area contributed by atoms with Gasteiger partial charge in [0.25, 0.3) is 0 Å². The van der Waals surface area contributed by atoms with E-state index in [0.717, 1.165) is 43.3 Å². The molecule has 1 fully saturated rings. The molecule has 6 heteroatoms. The number of hydrogen-bond donors (Lipinski definition) is 1. The van der Waals surface area contributed by atoms with E-state index in [-0.39, 0.29) is 5.82 Å². The molecule has 2 aromatic heterocycles. The second kappa shape index (κ2) is 5.96. The van der Waals surface area contributed by atoms with E-state index >= 15 is 0 Å². The topological polar surface area (TPSA) is 48.1 Å². The fourth-order valence-electron chi connectivity index (χ4n) is 3.01. The highest BCUT2D eigenvalue weighted by molar-refractivity contribution is 5.75. The van der Waals surface area contributed by atoms with E-state index in [1.807, 2.05) is 30.5 Å². The van der Waals surface area contributed by atoms with Crippen LogP contribution in [0.3, 0.4) is 0 Å². The molecule has 3 heterocycles. The Bertz CT molecular complexity index is 793. The van der Waals surface area contributed by atoms with Gasteiger partial charge in [-0.1, -0.05) is 12.1 Å². The van der Waals surface area contributed by atoms with Crippen LogP contribution in [0.4, 0.5) is 10.2 Å². The van der Waals surface area contributed by atoms with Gasteiger partial charge in [0.1, 0.15) is 17.2 Å². The molecule has 4 rings (SSSR count). The van der Waals surface area contributed by atoms with E-state index < -0.39 is 0 Å². The van der Waals surface area contributed by atoms with Crippen molar-refractivity contribution in [3.63, 3.8) is 0 Å². The third kappa shape index (κ3) is 2.90. The Morgan fingerprint density at radius 2 is 1.91 bits per heavy atom. The van der Waals surface area contributed by atoms with Gasteiger partial charge >= 0.3 is 0 Å². The van der Waals surface area contributed by atoms with Gasteiger partial charge in [0.05, 0.1) is 12.1 Å². The number of aromatic amines is 1. The summed E-state index contributed by atoms with van der Waals surface area (Å²) in [4.78, 5) is 16.6. The second-order valence-corrected chi connectivity index (χ2v) is 5.77. The minimum absolute atomic E-state index is 0.273. The van der Waals surface area contributed by atoms with E-state index in [2.05, 4.69) is 24.8 Å². The first-order chi connectivity index (χ1) is 11.3. The van der Waals surface area contributed by atoms with Gasteiger partial charge in [0, 0.05) is 32.4 Å². The molecule has 0 bridgehead atoms. The van der Waals surface area contributed by atoms with Crippen LogP contribution in [0.5, 0.6) is 0 Å². The van der Waals surface area contributed by atoms with Crippen molar-refractivity contribution < 1.29 is 4.39 Å². The first kappa shape index (κ1) is 14.1. The molecule has 0 saturated carbocycles. The summed E-state index contributed by atoms with van der Waals surface area (Å²) in [5, 5.41) is 0. The van der Waals surface area contributed by atoms with Crippen LogP contribution < -0.4 is 4.90 Å². The van der Waals surface area contributed by atoms with Gasteiger partial charge in [-0.25, -0.2) is 14.4 Å². The van der Waals surface area contributed by atoms with Gasteiger partial charge in [-0.15, -0.1) is 0 Å². The number of benzene rings is 1. The molecule has 0 spiro atoms. The van der Waals surface area contributed by atoms with Crippen LogP contribution in [-0.2, 0) is 6.54 Å². The molecule has 1 N–H and O–H groups in total. The van der Waals surface area contributed by atoms with E-state index in [0.29, 0.717) is 12.1 Å². The van der Waals surface area contributed by atoms with E-state index in [1.165, 1.54) is 6.07 Å². The molecule has 23 heavy (non-hydrogen) atoms. The van der Waals surface area contributed by atoms with Crippen LogP contribution in [0.25, 0.3) is 11.0 Å². The SMILES string of the molecule is Fc1cccc2[nH]c(CN3CCN(c4ccccn4)CC3)nc12. The zero-order valence-electron chi connectivity index (χ0n) is 12.7. The fraction of sp³-hybridized carbons (Fsp3) is 0.294. The third-order valence-corrected chi connectivity index (χ3v) is 4.23. The average Bonchev–Trinajstić information content (AvgIpc) is 3.00. The van der Waals surface area contributed by atoms with Crippen molar-refractivity contribution in [2.45, 2.75) is 6.54 Å². The smallest absolute Gasteiger partial charge is 0.151 e. The van der Waals surface area contributed by atoms with Crippen molar-refractivity contribution in [1.82, 2.24) is 19.9 Å². The van der Waals surface area contributed by atoms with Crippen LogP contribution in [0, 0.1) is 5.82 Å². The van der Waals surface area contributed by atoms with Crippen molar-refractivity contribution in [2.75, 3.05) is 31.1 Å². The first-order valence-electron chi connectivity index (χ1n) is 7.81. The summed E-state index contributed by atoms with van der Waals surface area (Å²) in [6.45, 7) is 4.47. The Morgan fingerprint density at radius 1 is 1.04 bits per heavy atom. The van der Waals surface area contributed by atoms with Crippen LogP contribution >= 0.6 is 0 Å². The Hall–Kier alpha value is -2.47. The Kier molecular flexibility index (Phi) is 3.67. The van der Waals surface area contributed by atoms with Crippen molar-refractivity contribution in [1.29, 1.82) is 0 Å². The van der Waals surface area contributed by atoms with Gasteiger partial charge in [0.2, 0.25) is 0 Å². The molecule has 0 aliphatic carbocycles. The zero-order valence-corrected chi connectivity index (χ0v) is 12.7. The lowest BCUT2D eigenvalue weighted by Crippen LogP contribution is -2.46. The number of rotatable bonds is 3. The maximum atomic E-state index is 13.7. The molecule has 118 valence electrons. The molecule has 1 aliphatic rings. The Morgan fingerprint density at radius 3 is 2.65 bits per heavy atom. The number of imidazole rings is 1. The average molecular weight is 311 g/mol. The summed E-state index contributed by atoms with van der Waals surface area (Å²) in [7, 11) is 0. The Balaban J connectivity index is 1.41. The highest BCUT2D eigenvalue weighted by atomic mass is 19.1. The summed E-state index contributed by atoms with van der Waals surface area (Å²) in [6, 6.07) is 11.0. The normalized spacial score (nSPS) is 16.1. The molecule has 0 amide bonds. The molecule has 0 radical (unpaired) electrons.